The number of nitrogen functional groups attached to an aromatic ring is 1. The average molecular weight is 355 g/mol. The van der Waals surface area contributed by atoms with E-state index in [4.69, 9.17) is 21.7 Å². The van der Waals surface area contributed by atoms with Gasteiger partial charge in [0.15, 0.2) is 0 Å². The molecule has 0 amide bonds. The van der Waals surface area contributed by atoms with Crippen LogP contribution in [-0.4, -0.2) is 45.2 Å². The molecule has 1 heterocycles. The van der Waals surface area contributed by atoms with Crippen LogP contribution in [0.1, 0.15) is 24.8 Å². The van der Waals surface area contributed by atoms with Crippen molar-refractivity contribution in [3.63, 3.8) is 0 Å². The van der Waals surface area contributed by atoms with Crippen LogP contribution in [-0.2, 0) is 5.41 Å². The maximum atomic E-state index is 8.79. The molecule has 7 N–H and O–H groups in total. The molecule has 1 saturated carbocycles. The molecule has 0 atom stereocenters. The molecule has 1 aromatic carbocycles. The third-order valence-electron chi connectivity index (χ3n) is 4.73. The van der Waals surface area contributed by atoms with E-state index in [9.17, 15) is 0 Å². The lowest BCUT2D eigenvalue weighted by Gasteiger charge is -2.41. The van der Waals surface area contributed by atoms with Crippen LogP contribution in [0.3, 0.4) is 0 Å². The molecule has 0 saturated heterocycles. The fraction of sp³-hybridized carbons (Fsp3) is 0.333. The zero-order chi connectivity index (χ0) is 18.6. The van der Waals surface area contributed by atoms with E-state index in [2.05, 4.69) is 20.0 Å². The summed E-state index contributed by atoms with van der Waals surface area (Å²) in [6, 6.07) is 7.90. The van der Waals surface area contributed by atoms with Crippen molar-refractivity contribution in [3.05, 3.63) is 42.2 Å². The van der Waals surface area contributed by atoms with Gasteiger partial charge in [-0.1, -0.05) is 30.7 Å². The van der Waals surface area contributed by atoms with Gasteiger partial charge in [0, 0.05) is 18.0 Å². The van der Waals surface area contributed by atoms with Gasteiger partial charge in [0.2, 0.25) is 5.95 Å². The molecule has 1 aliphatic rings. The van der Waals surface area contributed by atoms with E-state index in [1.807, 2.05) is 24.3 Å². The average Bonchev–Trinajstić information content (AvgIpc) is 2.60. The number of aliphatic imine (C=N–C) groups is 2. The molecule has 0 unspecified atom stereocenters. The maximum Gasteiger partial charge on any atom is 0.464 e. The highest BCUT2D eigenvalue weighted by Gasteiger charge is 2.43. The lowest BCUT2D eigenvalue weighted by Crippen LogP contribution is -2.47. The minimum Gasteiger partial charge on any atom is -0.563 e. The molecule has 26 heavy (non-hydrogen) atoms. The molecule has 136 valence electrons. The van der Waals surface area contributed by atoms with Crippen molar-refractivity contribution in [2.75, 3.05) is 18.9 Å². The highest BCUT2D eigenvalue weighted by Crippen LogP contribution is 2.44. The second-order valence-corrected chi connectivity index (χ2v) is 6.27. The number of hydrogen-bond acceptors (Lipinski definition) is 5. The van der Waals surface area contributed by atoms with Crippen LogP contribution >= 0.6 is 0 Å². The minimum atomic E-state index is -0.350. The summed E-state index contributed by atoms with van der Waals surface area (Å²) >= 11 is 0. The largest absolute Gasteiger partial charge is 0.563 e. The zero-order valence-corrected chi connectivity index (χ0v) is 14.4. The van der Waals surface area contributed by atoms with E-state index in [0.29, 0.717) is 5.84 Å². The molecule has 0 aliphatic heterocycles. The van der Waals surface area contributed by atoms with Crippen LogP contribution in [0.15, 0.2) is 46.6 Å². The first-order chi connectivity index (χ1) is 12.5. The highest BCUT2D eigenvalue weighted by atomic mass is 16.3. The first-order valence-electron chi connectivity index (χ1n) is 8.45. The van der Waals surface area contributed by atoms with Gasteiger partial charge in [0.25, 0.3) is 0 Å². The molecule has 0 radical (unpaired) electrons. The highest BCUT2D eigenvalue weighted by molar-refractivity contribution is 5.99. The number of nitrogens with zero attached hydrogens (tertiary/aromatic N) is 4. The van der Waals surface area contributed by atoms with Gasteiger partial charge in [0.05, 0.1) is 18.6 Å². The Labute approximate surface area is 151 Å². The molecular formula is C18H23N6O2+. The quantitative estimate of drug-likeness (QED) is 0.408. The Bertz CT molecular complexity index is 811. The Morgan fingerprint density at radius 2 is 1.81 bits per heavy atom. The van der Waals surface area contributed by atoms with Gasteiger partial charge in [-0.3, -0.25) is 0 Å². The van der Waals surface area contributed by atoms with Crippen LogP contribution in [0, 0.1) is 0 Å². The van der Waals surface area contributed by atoms with E-state index >= 15 is 0 Å². The summed E-state index contributed by atoms with van der Waals surface area (Å²) in [6.45, 7) is 0.0419. The van der Waals surface area contributed by atoms with Gasteiger partial charge in [0.1, 0.15) is 5.84 Å². The number of amidine groups is 2. The van der Waals surface area contributed by atoms with E-state index in [1.54, 1.807) is 12.4 Å². The third kappa shape index (κ3) is 3.50. The predicted octanol–water partition coefficient (Wildman–Crippen LogP) is 0.578. The van der Waals surface area contributed by atoms with Crippen LogP contribution in [0.2, 0.25) is 0 Å². The van der Waals surface area contributed by atoms with Gasteiger partial charge in [-0.2, -0.15) is 4.99 Å². The lowest BCUT2D eigenvalue weighted by molar-refractivity contribution is 0.305. The van der Waals surface area contributed by atoms with Crippen molar-refractivity contribution < 1.29 is 10.2 Å². The monoisotopic (exact) mass is 355 g/mol. The standard InChI is InChI=1S/C18H22N6O2/c19-15(24-17(26)21-8-9-25)18(6-1-7-18)14-4-2-12(3-5-14)13-10-22-16(20)23-11-13/h2-5,10-11,25H,1,6-9H2,(H2,20,22,23)(H3,19,21,24,26)/p+1. The van der Waals surface area contributed by atoms with Crippen molar-refractivity contribution in [2.45, 2.75) is 24.7 Å². The normalized spacial score (nSPS) is 17.0. The number of aliphatic hydroxyl groups excluding tert-OH is 1. The lowest BCUT2D eigenvalue weighted by atomic mass is 9.63. The smallest absolute Gasteiger partial charge is 0.464 e. The summed E-state index contributed by atoms with van der Waals surface area (Å²) in [5, 5.41) is 16.6. The molecule has 0 spiro atoms. The Kier molecular flexibility index (Phi) is 5.13. The molecule has 3 rings (SSSR count). The van der Waals surface area contributed by atoms with E-state index in [-0.39, 0.29) is 30.5 Å². The van der Waals surface area contributed by atoms with Gasteiger partial charge < -0.3 is 21.7 Å². The third-order valence-corrected chi connectivity index (χ3v) is 4.73. The molecule has 8 nitrogen and oxygen atoms in total. The first kappa shape index (κ1) is 17.8. The first-order valence-corrected chi connectivity index (χ1v) is 8.45. The van der Waals surface area contributed by atoms with E-state index in [1.165, 1.54) is 0 Å². The number of aliphatic hydroxyl groups is 1. The van der Waals surface area contributed by atoms with Crippen molar-refractivity contribution in [3.8, 4) is 11.1 Å². The summed E-state index contributed by atoms with van der Waals surface area (Å²) < 4.78 is 0. The number of nitrogens with two attached hydrogens (primary N) is 2. The predicted molar refractivity (Wildman–Crippen MR) is 102 cm³/mol. The zero-order valence-electron chi connectivity index (χ0n) is 14.4. The van der Waals surface area contributed by atoms with Crippen LogP contribution in [0.25, 0.3) is 11.1 Å². The summed E-state index contributed by atoms with van der Waals surface area (Å²) in [5.41, 5.74) is 14.4. The Morgan fingerprint density at radius 3 is 2.35 bits per heavy atom. The SMILES string of the molecule is NC(=NC([OH2+])=NCCO)C1(c2ccc(-c3cnc(N)nc3)cc2)CCC1. The summed E-state index contributed by atoms with van der Waals surface area (Å²) in [4.78, 5) is 16.0. The number of hydrogen-bond donors (Lipinski definition) is 3. The van der Waals surface area contributed by atoms with Crippen LogP contribution in [0.5, 0.6) is 0 Å². The number of anilines is 1. The molecule has 1 aliphatic carbocycles. The van der Waals surface area contributed by atoms with Crippen molar-refractivity contribution in [2.24, 2.45) is 15.7 Å². The van der Waals surface area contributed by atoms with Gasteiger partial charge >= 0.3 is 6.02 Å². The molecule has 1 aromatic heterocycles. The molecule has 8 heteroatoms. The Hall–Kier alpha value is -3.00. The minimum absolute atomic E-state index is 0.112. The Morgan fingerprint density at radius 1 is 1.15 bits per heavy atom. The van der Waals surface area contributed by atoms with Crippen LogP contribution < -0.4 is 11.5 Å². The second kappa shape index (κ2) is 7.49. The van der Waals surface area contributed by atoms with Crippen molar-refractivity contribution in [1.82, 2.24) is 9.97 Å². The number of aromatic nitrogens is 2. The topological polar surface area (TPSA) is 146 Å². The second-order valence-electron chi connectivity index (χ2n) is 6.27. The maximum absolute atomic E-state index is 8.79. The number of benzene rings is 1. The van der Waals surface area contributed by atoms with E-state index in [0.717, 1.165) is 36.0 Å². The van der Waals surface area contributed by atoms with Gasteiger partial charge in [-0.25, -0.2) is 9.97 Å². The molecular weight excluding hydrogens is 332 g/mol. The van der Waals surface area contributed by atoms with Gasteiger partial charge in [-0.15, -0.1) is 4.99 Å². The summed E-state index contributed by atoms with van der Waals surface area (Å²) in [6.07, 6.45) is 6.22. The van der Waals surface area contributed by atoms with Crippen LogP contribution in [0.4, 0.5) is 5.95 Å². The van der Waals surface area contributed by atoms with E-state index < -0.39 is 0 Å². The summed E-state index contributed by atoms with van der Waals surface area (Å²) in [7, 11) is 0. The molecule has 1 fully saturated rings. The van der Waals surface area contributed by atoms with Gasteiger partial charge in [-0.05, 0) is 24.0 Å². The summed E-state index contributed by atoms with van der Waals surface area (Å²) in [5.74, 6) is 0.649. The Balaban J connectivity index is 1.86. The number of rotatable bonds is 5. The van der Waals surface area contributed by atoms with Crippen molar-refractivity contribution in [1.29, 1.82) is 0 Å². The fourth-order valence-corrected chi connectivity index (χ4v) is 3.10. The molecule has 2 aromatic rings. The molecule has 0 bridgehead atoms. The van der Waals surface area contributed by atoms with Crippen molar-refractivity contribution >= 4 is 17.8 Å². The fourth-order valence-electron chi connectivity index (χ4n) is 3.10.